The summed E-state index contributed by atoms with van der Waals surface area (Å²) in [5, 5.41) is 20.8. The summed E-state index contributed by atoms with van der Waals surface area (Å²) in [6.45, 7) is 18.3. The standard InChI is InChI=1S/C26H46O3.C2H6/c1-7-19-20-10-8-9-14-26(20,6)21-13-15-25(5,18(4)23(21)24(19)29)17(3)16(2)11-12-22(27)28;1-2/h16-21,23-24,29H,7-15H2,1-6H3,(H,27,28);1-2H3/t16-,17?,18?,19-,20?,21?,23?,24?,25?,26?;/m1./s1. The van der Waals surface area contributed by atoms with E-state index >= 15 is 0 Å². The third kappa shape index (κ3) is 4.73. The zero-order valence-electron chi connectivity index (χ0n) is 21.8. The van der Waals surface area contributed by atoms with Crippen LogP contribution in [0.5, 0.6) is 0 Å². The fourth-order valence-corrected chi connectivity index (χ4v) is 8.47. The topological polar surface area (TPSA) is 57.5 Å². The summed E-state index contributed by atoms with van der Waals surface area (Å²) >= 11 is 0. The SMILES string of the molecule is CC.CC[C@H]1C(O)C2C(C)C(C)(C(C)[C@H](C)CCC(=O)O)CCC2C2(C)CCCCC12. The molecule has 10 atom stereocenters. The molecule has 0 aromatic rings. The van der Waals surface area contributed by atoms with E-state index in [1.165, 1.54) is 38.5 Å². The van der Waals surface area contributed by atoms with Crippen LogP contribution in [0.3, 0.4) is 0 Å². The molecule has 3 fully saturated rings. The van der Waals surface area contributed by atoms with Gasteiger partial charge in [0.25, 0.3) is 0 Å². The summed E-state index contributed by atoms with van der Waals surface area (Å²) in [4.78, 5) is 11.1. The summed E-state index contributed by atoms with van der Waals surface area (Å²) in [6.07, 6.45) is 9.76. The van der Waals surface area contributed by atoms with Crippen LogP contribution in [0, 0.1) is 52.3 Å². The third-order valence-corrected chi connectivity index (χ3v) is 10.8. The van der Waals surface area contributed by atoms with E-state index in [0.29, 0.717) is 46.8 Å². The molecule has 3 nitrogen and oxygen atoms in total. The van der Waals surface area contributed by atoms with Crippen molar-refractivity contribution in [3.05, 3.63) is 0 Å². The van der Waals surface area contributed by atoms with Gasteiger partial charge in [-0.25, -0.2) is 0 Å². The molecule has 0 bridgehead atoms. The van der Waals surface area contributed by atoms with Crippen LogP contribution in [0.4, 0.5) is 0 Å². The lowest BCUT2D eigenvalue weighted by molar-refractivity contribution is -0.200. The monoisotopic (exact) mass is 436 g/mol. The number of carboxylic acids is 1. The highest BCUT2D eigenvalue weighted by Crippen LogP contribution is 2.66. The number of hydrogen-bond acceptors (Lipinski definition) is 2. The van der Waals surface area contributed by atoms with Crippen molar-refractivity contribution in [3.8, 4) is 0 Å². The molecule has 3 saturated carbocycles. The Balaban J connectivity index is 0.00000166. The molecule has 182 valence electrons. The van der Waals surface area contributed by atoms with Crippen LogP contribution in [-0.2, 0) is 4.79 Å². The molecule has 0 radical (unpaired) electrons. The lowest BCUT2D eigenvalue weighted by Crippen LogP contribution is -2.61. The van der Waals surface area contributed by atoms with Gasteiger partial charge in [-0.2, -0.15) is 0 Å². The van der Waals surface area contributed by atoms with Crippen molar-refractivity contribution in [2.45, 2.75) is 119 Å². The average molecular weight is 437 g/mol. The van der Waals surface area contributed by atoms with Gasteiger partial charge in [0.05, 0.1) is 6.10 Å². The van der Waals surface area contributed by atoms with Crippen molar-refractivity contribution in [3.63, 3.8) is 0 Å². The molecule has 0 saturated heterocycles. The number of aliphatic hydroxyl groups is 1. The van der Waals surface area contributed by atoms with Crippen molar-refractivity contribution in [1.82, 2.24) is 0 Å². The fraction of sp³-hybridized carbons (Fsp3) is 0.964. The van der Waals surface area contributed by atoms with E-state index in [1.54, 1.807) is 0 Å². The number of aliphatic hydroxyl groups excluding tert-OH is 1. The van der Waals surface area contributed by atoms with Gasteiger partial charge in [-0.1, -0.05) is 74.7 Å². The van der Waals surface area contributed by atoms with Gasteiger partial charge < -0.3 is 10.2 Å². The Morgan fingerprint density at radius 1 is 1.06 bits per heavy atom. The number of hydrogen-bond donors (Lipinski definition) is 2. The van der Waals surface area contributed by atoms with Gasteiger partial charge in [0.2, 0.25) is 0 Å². The molecule has 0 heterocycles. The van der Waals surface area contributed by atoms with Crippen LogP contribution in [0.2, 0.25) is 0 Å². The van der Waals surface area contributed by atoms with Crippen LogP contribution in [0.1, 0.15) is 113 Å². The Morgan fingerprint density at radius 3 is 2.29 bits per heavy atom. The predicted octanol–water partition coefficient (Wildman–Crippen LogP) is 7.42. The van der Waals surface area contributed by atoms with Crippen LogP contribution in [0.15, 0.2) is 0 Å². The van der Waals surface area contributed by atoms with Gasteiger partial charge in [-0.05, 0) is 84.4 Å². The fourth-order valence-electron chi connectivity index (χ4n) is 8.47. The number of fused-ring (bicyclic) bond motifs is 3. The summed E-state index contributed by atoms with van der Waals surface area (Å²) in [5.74, 6) is 2.86. The van der Waals surface area contributed by atoms with E-state index in [-0.39, 0.29) is 17.9 Å². The summed E-state index contributed by atoms with van der Waals surface area (Å²) in [6, 6.07) is 0. The van der Waals surface area contributed by atoms with E-state index in [1.807, 2.05) is 13.8 Å². The van der Waals surface area contributed by atoms with Gasteiger partial charge in [-0.15, -0.1) is 0 Å². The number of aliphatic carboxylic acids is 1. The zero-order valence-corrected chi connectivity index (χ0v) is 21.8. The van der Waals surface area contributed by atoms with E-state index in [9.17, 15) is 9.90 Å². The van der Waals surface area contributed by atoms with Gasteiger partial charge >= 0.3 is 5.97 Å². The molecule has 0 spiro atoms. The van der Waals surface area contributed by atoms with Crippen molar-refractivity contribution >= 4 is 5.97 Å². The first-order chi connectivity index (χ1) is 14.6. The zero-order chi connectivity index (χ0) is 23.6. The lowest BCUT2D eigenvalue weighted by atomic mass is 9.40. The molecule has 31 heavy (non-hydrogen) atoms. The highest BCUT2D eigenvalue weighted by atomic mass is 16.4. The second-order valence-electron chi connectivity index (χ2n) is 11.6. The number of rotatable bonds is 6. The largest absolute Gasteiger partial charge is 0.481 e. The van der Waals surface area contributed by atoms with Crippen LogP contribution >= 0.6 is 0 Å². The van der Waals surface area contributed by atoms with E-state index < -0.39 is 5.97 Å². The molecule has 3 aliphatic carbocycles. The molecule has 3 rings (SSSR count). The molecule has 0 amide bonds. The first kappa shape index (κ1) is 26.7. The normalized spacial score (nSPS) is 44.2. The van der Waals surface area contributed by atoms with Crippen molar-refractivity contribution in [2.24, 2.45) is 52.3 Å². The Morgan fingerprint density at radius 2 is 1.71 bits per heavy atom. The first-order valence-electron chi connectivity index (χ1n) is 13.5. The van der Waals surface area contributed by atoms with Gasteiger partial charge in [-0.3, -0.25) is 4.79 Å². The number of carbonyl (C=O) groups is 1. The molecule has 0 aromatic heterocycles. The molecule has 0 aromatic carbocycles. The van der Waals surface area contributed by atoms with E-state index in [0.717, 1.165) is 12.8 Å². The van der Waals surface area contributed by atoms with Gasteiger partial charge in [0, 0.05) is 6.42 Å². The molecule has 8 unspecified atom stereocenters. The average Bonchev–Trinajstić information content (AvgIpc) is 2.75. The molecule has 2 N–H and O–H groups in total. The molecular weight excluding hydrogens is 384 g/mol. The second-order valence-corrected chi connectivity index (χ2v) is 11.6. The minimum Gasteiger partial charge on any atom is -0.481 e. The van der Waals surface area contributed by atoms with Gasteiger partial charge in [0.15, 0.2) is 0 Å². The lowest BCUT2D eigenvalue weighted by Gasteiger charge is -2.65. The van der Waals surface area contributed by atoms with Crippen molar-refractivity contribution in [2.75, 3.05) is 0 Å². The molecule has 3 heteroatoms. The number of carboxylic acid groups (broad SMARTS) is 1. The Labute approximate surface area is 192 Å². The Kier molecular flexibility index (Phi) is 9.10. The quantitative estimate of drug-likeness (QED) is 0.455. The second kappa shape index (κ2) is 10.6. The summed E-state index contributed by atoms with van der Waals surface area (Å²) < 4.78 is 0. The highest BCUT2D eigenvalue weighted by Gasteiger charge is 2.61. The molecule has 0 aliphatic heterocycles. The van der Waals surface area contributed by atoms with Gasteiger partial charge in [0.1, 0.15) is 0 Å². The molecular formula is C28H52O3. The molecule has 3 aliphatic rings. The smallest absolute Gasteiger partial charge is 0.303 e. The van der Waals surface area contributed by atoms with E-state index in [2.05, 4.69) is 41.5 Å². The maximum atomic E-state index is 11.6. The Bertz CT molecular complexity index is 589. The summed E-state index contributed by atoms with van der Waals surface area (Å²) in [5.41, 5.74) is 0.576. The van der Waals surface area contributed by atoms with Crippen LogP contribution in [-0.4, -0.2) is 22.3 Å². The minimum atomic E-state index is -0.685. The highest BCUT2D eigenvalue weighted by molar-refractivity contribution is 5.66. The van der Waals surface area contributed by atoms with Crippen LogP contribution < -0.4 is 0 Å². The summed E-state index contributed by atoms with van der Waals surface area (Å²) in [7, 11) is 0. The maximum Gasteiger partial charge on any atom is 0.303 e. The first-order valence-corrected chi connectivity index (χ1v) is 13.5. The van der Waals surface area contributed by atoms with Crippen molar-refractivity contribution < 1.29 is 15.0 Å². The van der Waals surface area contributed by atoms with Crippen molar-refractivity contribution in [1.29, 1.82) is 0 Å². The third-order valence-electron chi connectivity index (χ3n) is 10.8. The maximum absolute atomic E-state index is 11.6. The minimum absolute atomic E-state index is 0.169. The predicted molar refractivity (Wildman–Crippen MR) is 130 cm³/mol. The van der Waals surface area contributed by atoms with E-state index in [4.69, 9.17) is 5.11 Å². The Hall–Kier alpha value is -0.570. The van der Waals surface area contributed by atoms with Crippen LogP contribution in [0.25, 0.3) is 0 Å².